The van der Waals surface area contributed by atoms with E-state index in [1.807, 2.05) is 23.7 Å². The molecule has 3 nitrogen and oxygen atoms in total. The fourth-order valence-corrected chi connectivity index (χ4v) is 4.54. The van der Waals surface area contributed by atoms with Gasteiger partial charge in [-0.2, -0.15) is 0 Å². The SMILES string of the molecule is C[C@@]1(CNc2nccs2)Cc2ccc(C=O)cc2[C@@H]1c1ccccc1. The van der Waals surface area contributed by atoms with Crippen LogP contribution in [0.5, 0.6) is 0 Å². The van der Waals surface area contributed by atoms with Crippen LogP contribution in [0.2, 0.25) is 0 Å². The summed E-state index contributed by atoms with van der Waals surface area (Å²) in [6.07, 6.45) is 3.75. The standard InChI is InChI=1S/C21H20N2OS/c1-21(14-23-20-22-9-10-25-20)12-17-8-7-15(13-24)11-18(17)19(21)16-5-3-2-4-6-16/h2-11,13,19H,12,14H2,1H3,(H,22,23)/t19-,21-/m0/s1. The lowest BCUT2D eigenvalue weighted by Crippen LogP contribution is -2.31. The minimum atomic E-state index is 0.0247. The molecule has 1 aliphatic carbocycles. The van der Waals surface area contributed by atoms with Crippen LogP contribution < -0.4 is 5.32 Å². The molecule has 0 saturated carbocycles. The molecule has 4 heteroatoms. The molecule has 0 unspecified atom stereocenters. The summed E-state index contributed by atoms with van der Waals surface area (Å²) in [5.74, 6) is 0.260. The second-order valence-corrected chi connectivity index (χ2v) is 7.84. The Balaban J connectivity index is 1.74. The Morgan fingerprint density at radius 3 is 2.84 bits per heavy atom. The second-order valence-electron chi connectivity index (χ2n) is 6.94. The first kappa shape index (κ1) is 16.0. The van der Waals surface area contributed by atoms with Gasteiger partial charge in [0, 0.05) is 29.6 Å². The van der Waals surface area contributed by atoms with E-state index in [1.165, 1.54) is 16.7 Å². The van der Waals surface area contributed by atoms with Gasteiger partial charge in [0.1, 0.15) is 6.29 Å². The second kappa shape index (κ2) is 6.45. The van der Waals surface area contributed by atoms with Gasteiger partial charge in [0.25, 0.3) is 0 Å². The van der Waals surface area contributed by atoms with Gasteiger partial charge in [0.15, 0.2) is 5.13 Å². The van der Waals surface area contributed by atoms with Crippen molar-refractivity contribution in [2.45, 2.75) is 19.3 Å². The molecule has 0 saturated heterocycles. The van der Waals surface area contributed by atoms with Crippen molar-refractivity contribution in [1.82, 2.24) is 4.98 Å². The maximum absolute atomic E-state index is 11.3. The lowest BCUT2D eigenvalue weighted by molar-refractivity contribution is 0.112. The molecule has 0 radical (unpaired) electrons. The molecule has 4 rings (SSSR count). The number of carbonyl (C=O) groups is 1. The van der Waals surface area contributed by atoms with Gasteiger partial charge in [-0.05, 0) is 34.6 Å². The van der Waals surface area contributed by atoms with E-state index in [-0.39, 0.29) is 11.3 Å². The Kier molecular flexibility index (Phi) is 4.14. The zero-order valence-electron chi connectivity index (χ0n) is 14.1. The zero-order chi connectivity index (χ0) is 17.3. The Bertz CT molecular complexity index is 876. The summed E-state index contributed by atoms with van der Waals surface area (Å²) in [4.78, 5) is 15.6. The predicted molar refractivity (Wildman–Crippen MR) is 103 cm³/mol. The molecule has 25 heavy (non-hydrogen) atoms. The van der Waals surface area contributed by atoms with Crippen molar-refractivity contribution >= 4 is 22.8 Å². The van der Waals surface area contributed by atoms with Crippen molar-refractivity contribution in [2.75, 3.05) is 11.9 Å². The van der Waals surface area contributed by atoms with Gasteiger partial charge in [0.05, 0.1) is 0 Å². The van der Waals surface area contributed by atoms with Gasteiger partial charge in [-0.3, -0.25) is 4.79 Å². The van der Waals surface area contributed by atoms with Crippen molar-refractivity contribution in [3.8, 4) is 0 Å². The van der Waals surface area contributed by atoms with E-state index >= 15 is 0 Å². The number of benzene rings is 2. The van der Waals surface area contributed by atoms with Gasteiger partial charge in [0.2, 0.25) is 0 Å². The quantitative estimate of drug-likeness (QED) is 0.676. The van der Waals surface area contributed by atoms with Crippen LogP contribution in [0.1, 0.15) is 39.9 Å². The van der Waals surface area contributed by atoms with Crippen molar-refractivity contribution in [1.29, 1.82) is 0 Å². The largest absolute Gasteiger partial charge is 0.361 e. The Hall–Kier alpha value is -2.46. The van der Waals surface area contributed by atoms with Crippen molar-refractivity contribution in [2.24, 2.45) is 5.41 Å². The number of aromatic nitrogens is 1. The molecule has 1 aromatic heterocycles. The van der Waals surface area contributed by atoms with Crippen molar-refractivity contribution in [3.63, 3.8) is 0 Å². The average Bonchev–Trinajstić information content (AvgIpc) is 3.25. The van der Waals surface area contributed by atoms with Gasteiger partial charge in [-0.15, -0.1) is 11.3 Å². The molecule has 1 heterocycles. The van der Waals surface area contributed by atoms with Crippen molar-refractivity contribution in [3.05, 3.63) is 82.4 Å². The van der Waals surface area contributed by atoms with Gasteiger partial charge in [-0.25, -0.2) is 4.98 Å². The Morgan fingerprint density at radius 2 is 2.12 bits per heavy atom. The number of nitrogens with one attached hydrogen (secondary N) is 1. The first-order chi connectivity index (χ1) is 12.2. The van der Waals surface area contributed by atoms with Crippen LogP contribution in [0.4, 0.5) is 5.13 Å². The van der Waals surface area contributed by atoms with E-state index in [0.29, 0.717) is 0 Å². The van der Waals surface area contributed by atoms with Crippen LogP contribution in [0.15, 0.2) is 60.1 Å². The summed E-state index contributed by atoms with van der Waals surface area (Å²) in [6, 6.07) is 16.7. The minimum Gasteiger partial charge on any atom is -0.361 e. The summed E-state index contributed by atoms with van der Waals surface area (Å²) in [5, 5.41) is 6.45. The van der Waals surface area contributed by atoms with Crippen LogP contribution in [0.3, 0.4) is 0 Å². The van der Waals surface area contributed by atoms with Crippen LogP contribution in [-0.4, -0.2) is 17.8 Å². The third-order valence-electron chi connectivity index (χ3n) is 5.12. The highest BCUT2D eigenvalue weighted by Crippen LogP contribution is 2.50. The van der Waals surface area contributed by atoms with E-state index in [0.717, 1.165) is 29.9 Å². The summed E-state index contributed by atoms with van der Waals surface area (Å²) < 4.78 is 0. The normalized spacial score (nSPS) is 21.7. The maximum Gasteiger partial charge on any atom is 0.182 e. The minimum absolute atomic E-state index is 0.0247. The molecule has 1 aliphatic rings. The lowest BCUT2D eigenvalue weighted by Gasteiger charge is -2.33. The van der Waals surface area contributed by atoms with E-state index in [4.69, 9.17) is 0 Å². The van der Waals surface area contributed by atoms with Gasteiger partial charge >= 0.3 is 0 Å². The molecule has 0 fully saturated rings. The molecule has 1 N–H and O–H groups in total. The number of rotatable bonds is 5. The maximum atomic E-state index is 11.3. The highest BCUT2D eigenvalue weighted by molar-refractivity contribution is 7.13. The number of hydrogen-bond donors (Lipinski definition) is 1. The van der Waals surface area contributed by atoms with E-state index in [1.54, 1.807) is 11.3 Å². The summed E-state index contributed by atoms with van der Waals surface area (Å²) >= 11 is 1.62. The molecular formula is C21H20N2OS. The number of fused-ring (bicyclic) bond motifs is 1. The Labute approximate surface area is 151 Å². The monoisotopic (exact) mass is 348 g/mol. The van der Waals surface area contributed by atoms with Crippen LogP contribution in [0, 0.1) is 5.41 Å². The first-order valence-corrected chi connectivity index (χ1v) is 9.34. The highest BCUT2D eigenvalue weighted by Gasteiger charge is 2.43. The highest BCUT2D eigenvalue weighted by atomic mass is 32.1. The van der Waals surface area contributed by atoms with E-state index in [2.05, 4.69) is 53.6 Å². The third-order valence-corrected chi connectivity index (χ3v) is 5.85. The molecule has 0 spiro atoms. The lowest BCUT2D eigenvalue weighted by atomic mass is 9.74. The Morgan fingerprint density at radius 1 is 1.28 bits per heavy atom. The molecular weight excluding hydrogens is 328 g/mol. The molecule has 2 aromatic carbocycles. The van der Waals surface area contributed by atoms with Crippen LogP contribution in [-0.2, 0) is 6.42 Å². The molecule has 0 bridgehead atoms. The number of nitrogens with zero attached hydrogens (tertiary/aromatic N) is 1. The van der Waals surface area contributed by atoms with E-state index in [9.17, 15) is 4.79 Å². The predicted octanol–water partition coefficient (Wildman–Crippen LogP) is 4.76. The average molecular weight is 348 g/mol. The fourth-order valence-electron chi connectivity index (χ4n) is 4.01. The zero-order valence-corrected chi connectivity index (χ0v) is 14.9. The fraction of sp³-hybridized carbons (Fsp3) is 0.238. The number of carbonyl (C=O) groups excluding carboxylic acids is 1. The molecule has 3 aromatic rings. The van der Waals surface area contributed by atoms with Crippen molar-refractivity contribution < 1.29 is 4.79 Å². The summed E-state index contributed by atoms with van der Waals surface area (Å²) in [6.45, 7) is 3.16. The third kappa shape index (κ3) is 2.98. The topological polar surface area (TPSA) is 42.0 Å². The molecule has 2 atom stereocenters. The number of thiazole rings is 1. The van der Waals surface area contributed by atoms with E-state index < -0.39 is 0 Å². The number of hydrogen-bond acceptors (Lipinski definition) is 4. The smallest absolute Gasteiger partial charge is 0.182 e. The van der Waals surface area contributed by atoms with Crippen LogP contribution in [0.25, 0.3) is 0 Å². The summed E-state index contributed by atoms with van der Waals surface area (Å²) in [7, 11) is 0. The van der Waals surface area contributed by atoms with Gasteiger partial charge in [-0.1, -0.05) is 49.4 Å². The molecule has 0 amide bonds. The molecule has 0 aliphatic heterocycles. The number of aldehydes is 1. The number of anilines is 1. The van der Waals surface area contributed by atoms with Gasteiger partial charge < -0.3 is 5.32 Å². The first-order valence-electron chi connectivity index (χ1n) is 8.46. The molecule has 126 valence electrons. The van der Waals surface area contributed by atoms with Crippen LogP contribution >= 0.6 is 11.3 Å². The summed E-state index contributed by atoms with van der Waals surface area (Å²) in [5.41, 5.74) is 4.68.